The standard InChI is InChI=1S/C30H35FN4O8/c1-7-41-19-9-15-12-34(27(32)22(15)23(31)26(19)42-8-2)13-18(36)16-10-17(30(4,5)6)25-24(14(16)3)35(29(33)40)28(39)20(43-25)11-21(37)38/h9-10,20,32H,7-8,11-13H2,1-6H3,(H2,33,40)(H,37,38). The van der Waals surface area contributed by atoms with E-state index in [1.807, 2.05) is 20.8 Å². The molecule has 0 radical (unpaired) electrons. The number of urea groups is 1. The van der Waals surface area contributed by atoms with Gasteiger partial charge in [-0.2, -0.15) is 0 Å². The summed E-state index contributed by atoms with van der Waals surface area (Å²) in [6, 6.07) is 2.03. The lowest BCUT2D eigenvalue weighted by Gasteiger charge is -2.37. The van der Waals surface area contributed by atoms with E-state index >= 15 is 4.39 Å². The number of benzene rings is 2. The summed E-state index contributed by atoms with van der Waals surface area (Å²) >= 11 is 0. The van der Waals surface area contributed by atoms with Crippen LogP contribution in [0.2, 0.25) is 0 Å². The molecular weight excluding hydrogens is 563 g/mol. The van der Waals surface area contributed by atoms with Crippen molar-refractivity contribution in [2.75, 3.05) is 24.7 Å². The molecule has 230 valence electrons. The van der Waals surface area contributed by atoms with E-state index < -0.39 is 47.4 Å². The second-order valence-electron chi connectivity index (χ2n) is 11.3. The van der Waals surface area contributed by atoms with Crippen LogP contribution in [0.4, 0.5) is 14.9 Å². The first-order valence-corrected chi connectivity index (χ1v) is 13.8. The first-order chi connectivity index (χ1) is 20.1. The van der Waals surface area contributed by atoms with Crippen LogP contribution >= 0.6 is 0 Å². The van der Waals surface area contributed by atoms with Gasteiger partial charge in [-0.3, -0.25) is 19.8 Å². The number of ether oxygens (including phenoxy) is 3. The summed E-state index contributed by atoms with van der Waals surface area (Å²) < 4.78 is 32.4. The number of hydrogen-bond donors (Lipinski definition) is 3. The van der Waals surface area contributed by atoms with Gasteiger partial charge in [0.05, 0.1) is 37.4 Å². The molecule has 2 heterocycles. The average molecular weight is 599 g/mol. The Hall–Kier alpha value is -4.68. The van der Waals surface area contributed by atoms with Crippen molar-refractivity contribution in [3.63, 3.8) is 0 Å². The first-order valence-electron chi connectivity index (χ1n) is 13.8. The van der Waals surface area contributed by atoms with Crippen LogP contribution in [0.1, 0.15) is 73.7 Å². The van der Waals surface area contributed by atoms with Crippen LogP contribution in [0.15, 0.2) is 12.1 Å². The summed E-state index contributed by atoms with van der Waals surface area (Å²) in [6.45, 7) is 10.7. The molecule has 0 saturated carbocycles. The Bertz CT molecular complexity index is 1550. The number of nitrogens with zero attached hydrogens (tertiary/aromatic N) is 2. The van der Waals surface area contributed by atoms with Gasteiger partial charge in [-0.15, -0.1) is 0 Å². The van der Waals surface area contributed by atoms with Crippen LogP contribution in [0.3, 0.4) is 0 Å². The molecule has 1 atom stereocenters. The predicted molar refractivity (Wildman–Crippen MR) is 154 cm³/mol. The number of carboxylic acid groups (broad SMARTS) is 1. The number of imide groups is 1. The van der Waals surface area contributed by atoms with Gasteiger partial charge in [0, 0.05) is 17.7 Å². The number of anilines is 1. The third kappa shape index (κ3) is 5.58. The number of hydrogen-bond acceptors (Lipinski definition) is 8. The number of carbonyl (C=O) groups is 4. The molecule has 0 aromatic heterocycles. The summed E-state index contributed by atoms with van der Waals surface area (Å²) in [6.07, 6.45) is -2.20. The van der Waals surface area contributed by atoms with Crippen molar-refractivity contribution in [1.82, 2.24) is 4.90 Å². The van der Waals surface area contributed by atoms with Crippen LogP contribution in [-0.4, -0.2) is 65.4 Å². The number of ketones is 1. The number of carbonyl (C=O) groups excluding carboxylic acids is 3. The molecule has 3 amide bonds. The Balaban J connectivity index is 1.77. The van der Waals surface area contributed by atoms with Crippen LogP contribution in [-0.2, 0) is 21.5 Å². The van der Waals surface area contributed by atoms with Gasteiger partial charge in [0.1, 0.15) is 11.6 Å². The molecule has 13 heteroatoms. The average Bonchev–Trinajstić information content (AvgIpc) is 3.20. The van der Waals surface area contributed by atoms with E-state index in [-0.39, 0.29) is 71.8 Å². The smallest absolute Gasteiger partial charge is 0.326 e. The summed E-state index contributed by atoms with van der Waals surface area (Å²) in [5, 5.41) is 18.0. The minimum absolute atomic E-state index is 0.0145. The second kappa shape index (κ2) is 11.5. The quantitative estimate of drug-likeness (QED) is 0.362. The summed E-state index contributed by atoms with van der Waals surface area (Å²) in [7, 11) is 0. The molecule has 1 unspecified atom stereocenters. The zero-order chi connectivity index (χ0) is 32.0. The Kier molecular flexibility index (Phi) is 8.39. The third-order valence-electron chi connectivity index (χ3n) is 7.28. The van der Waals surface area contributed by atoms with Crippen LogP contribution < -0.4 is 24.8 Å². The van der Waals surface area contributed by atoms with E-state index in [0.29, 0.717) is 16.0 Å². The maximum Gasteiger partial charge on any atom is 0.326 e. The van der Waals surface area contributed by atoms with E-state index in [1.165, 1.54) is 11.8 Å². The van der Waals surface area contributed by atoms with E-state index in [9.17, 15) is 24.3 Å². The van der Waals surface area contributed by atoms with Gasteiger partial charge in [-0.25, -0.2) is 14.1 Å². The zero-order valence-electron chi connectivity index (χ0n) is 24.9. The van der Waals surface area contributed by atoms with Gasteiger partial charge in [-0.05, 0) is 49.4 Å². The molecule has 0 fully saturated rings. The van der Waals surface area contributed by atoms with E-state index in [0.717, 1.165) is 0 Å². The lowest BCUT2D eigenvalue weighted by atomic mass is 9.82. The maximum atomic E-state index is 15.5. The summed E-state index contributed by atoms with van der Waals surface area (Å²) in [4.78, 5) is 53.0. The fourth-order valence-corrected chi connectivity index (χ4v) is 5.35. The second-order valence-corrected chi connectivity index (χ2v) is 11.3. The number of amides is 3. The fraction of sp³-hybridized carbons (Fsp3) is 0.433. The van der Waals surface area contributed by atoms with Crippen molar-refractivity contribution in [2.45, 2.75) is 66.0 Å². The third-order valence-corrected chi connectivity index (χ3v) is 7.28. The van der Waals surface area contributed by atoms with Crippen LogP contribution in [0.25, 0.3) is 0 Å². The number of aliphatic carboxylic acids is 1. The molecule has 0 spiro atoms. The van der Waals surface area contributed by atoms with Crippen molar-refractivity contribution in [2.24, 2.45) is 5.73 Å². The van der Waals surface area contributed by atoms with Crippen molar-refractivity contribution in [3.8, 4) is 17.2 Å². The van der Waals surface area contributed by atoms with Gasteiger partial charge in [0.25, 0.3) is 5.91 Å². The van der Waals surface area contributed by atoms with E-state index in [4.69, 9.17) is 25.4 Å². The number of amidine groups is 1. The Morgan fingerprint density at radius 2 is 1.84 bits per heavy atom. The molecule has 0 bridgehead atoms. The molecule has 43 heavy (non-hydrogen) atoms. The predicted octanol–water partition coefficient (Wildman–Crippen LogP) is 3.90. The molecule has 0 saturated heterocycles. The topological polar surface area (TPSA) is 173 Å². The van der Waals surface area contributed by atoms with Crippen molar-refractivity contribution < 1.29 is 42.9 Å². The SMILES string of the molecule is CCOc1cc2c(c(F)c1OCC)C(=N)N(CC(=O)c1cc(C(C)(C)C)c3c(c1C)N(C(N)=O)C(=O)C(CC(=O)O)O3)C2. The minimum atomic E-state index is -1.50. The number of rotatable bonds is 9. The normalized spacial score (nSPS) is 16.0. The highest BCUT2D eigenvalue weighted by Crippen LogP contribution is 2.46. The van der Waals surface area contributed by atoms with Crippen LogP contribution in [0, 0.1) is 18.2 Å². The zero-order valence-corrected chi connectivity index (χ0v) is 24.9. The largest absolute Gasteiger partial charge is 0.490 e. The molecule has 2 aromatic rings. The van der Waals surface area contributed by atoms with Gasteiger partial charge >= 0.3 is 12.0 Å². The number of nitrogens with one attached hydrogen (secondary N) is 1. The molecule has 0 aliphatic carbocycles. The number of fused-ring (bicyclic) bond motifs is 2. The minimum Gasteiger partial charge on any atom is -0.490 e. The summed E-state index contributed by atoms with van der Waals surface area (Å²) in [5.41, 5.74) is 6.13. The Labute approximate surface area is 248 Å². The lowest BCUT2D eigenvalue weighted by Crippen LogP contribution is -2.52. The first kappa shape index (κ1) is 31.3. The molecule has 2 aliphatic heterocycles. The Morgan fingerprint density at radius 1 is 1.19 bits per heavy atom. The molecule has 2 aliphatic rings. The highest BCUT2D eigenvalue weighted by atomic mass is 19.1. The molecule has 4 N–H and O–H groups in total. The van der Waals surface area contributed by atoms with Gasteiger partial charge in [-0.1, -0.05) is 20.8 Å². The van der Waals surface area contributed by atoms with Gasteiger partial charge < -0.3 is 30.0 Å². The number of carboxylic acids is 1. The maximum absolute atomic E-state index is 15.5. The van der Waals surface area contributed by atoms with Crippen LogP contribution in [0.5, 0.6) is 17.2 Å². The summed E-state index contributed by atoms with van der Waals surface area (Å²) in [5.74, 6) is -3.49. The Morgan fingerprint density at radius 3 is 2.40 bits per heavy atom. The lowest BCUT2D eigenvalue weighted by molar-refractivity contribution is -0.142. The number of primary amides is 1. The molecule has 4 rings (SSSR count). The highest BCUT2D eigenvalue weighted by Gasteiger charge is 2.43. The number of Topliss-reactive ketones (excluding diaryl/α,β-unsaturated/α-hetero) is 1. The van der Waals surface area contributed by atoms with Crippen molar-refractivity contribution in [1.29, 1.82) is 5.41 Å². The highest BCUT2D eigenvalue weighted by molar-refractivity contribution is 6.19. The van der Waals surface area contributed by atoms with E-state index in [1.54, 1.807) is 26.0 Å². The van der Waals surface area contributed by atoms with E-state index in [2.05, 4.69) is 0 Å². The van der Waals surface area contributed by atoms with Gasteiger partial charge in [0.15, 0.2) is 29.2 Å². The molecular formula is C30H35FN4O8. The monoisotopic (exact) mass is 598 g/mol. The number of halogens is 1. The van der Waals surface area contributed by atoms with Crippen molar-refractivity contribution in [3.05, 3.63) is 45.8 Å². The van der Waals surface area contributed by atoms with Crippen molar-refractivity contribution >= 4 is 35.2 Å². The van der Waals surface area contributed by atoms with Gasteiger partial charge in [0.2, 0.25) is 0 Å². The molecule has 2 aromatic carbocycles. The fourth-order valence-electron chi connectivity index (χ4n) is 5.35. The number of nitrogens with two attached hydrogens (primary N) is 1. The molecule has 12 nitrogen and oxygen atoms in total.